The van der Waals surface area contributed by atoms with Crippen molar-refractivity contribution >= 4 is 40.1 Å². The minimum Gasteiger partial charge on any atom is -0.507 e. The van der Waals surface area contributed by atoms with E-state index in [4.69, 9.17) is 4.74 Å². The van der Waals surface area contributed by atoms with Gasteiger partial charge in [-0.05, 0) is 53.6 Å². The van der Waals surface area contributed by atoms with Crippen LogP contribution in [0.5, 0.6) is 5.75 Å². The molecule has 2 aromatic heterocycles. The van der Waals surface area contributed by atoms with Crippen LogP contribution in [0, 0.1) is 0 Å². The minimum absolute atomic E-state index is 0.126. The zero-order chi connectivity index (χ0) is 21.1. The van der Waals surface area contributed by atoms with Crippen molar-refractivity contribution in [1.82, 2.24) is 4.90 Å². The first-order chi connectivity index (χ1) is 14.6. The average molecular weight is 440 g/mol. The predicted molar refractivity (Wildman–Crippen MR) is 119 cm³/mol. The number of hydrogen-bond donors (Lipinski definition) is 1. The fourth-order valence-corrected chi connectivity index (χ4v) is 4.99. The van der Waals surface area contributed by atoms with E-state index in [9.17, 15) is 14.7 Å². The van der Waals surface area contributed by atoms with E-state index >= 15 is 0 Å². The first-order valence-electron chi connectivity index (χ1n) is 9.67. The third kappa shape index (κ3) is 3.91. The molecule has 3 aromatic rings. The number of rotatable bonds is 7. The first-order valence-corrected chi connectivity index (χ1v) is 11.4. The molecule has 5 nitrogen and oxygen atoms in total. The zero-order valence-corrected chi connectivity index (χ0v) is 18.0. The Morgan fingerprint density at radius 2 is 1.80 bits per heavy atom. The average Bonchev–Trinajstić information content (AvgIpc) is 3.51. The highest BCUT2D eigenvalue weighted by Crippen LogP contribution is 2.42. The van der Waals surface area contributed by atoms with Gasteiger partial charge in [-0.1, -0.05) is 19.1 Å². The molecule has 1 saturated heterocycles. The number of hydrogen-bond acceptors (Lipinski definition) is 6. The van der Waals surface area contributed by atoms with Crippen LogP contribution in [-0.2, 0) is 16.1 Å². The van der Waals surface area contributed by atoms with Crippen molar-refractivity contribution in [1.29, 1.82) is 0 Å². The normalized spacial score (nSPS) is 18.2. The molecular weight excluding hydrogens is 418 g/mol. The molecule has 0 aliphatic carbocycles. The maximum atomic E-state index is 12.9. The van der Waals surface area contributed by atoms with Gasteiger partial charge < -0.3 is 14.7 Å². The third-order valence-corrected chi connectivity index (χ3v) is 6.65. The summed E-state index contributed by atoms with van der Waals surface area (Å²) in [6.45, 7) is 2.96. The topological polar surface area (TPSA) is 66.8 Å². The molecule has 0 saturated carbocycles. The Morgan fingerprint density at radius 1 is 1.07 bits per heavy atom. The Bertz CT molecular complexity index is 1050. The molecule has 0 radical (unpaired) electrons. The summed E-state index contributed by atoms with van der Waals surface area (Å²) in [7, 11) is 0. The number of benzene rings is 1. The van der Waals surface area contributed by atoms with Crippen LogP contribution in [0.3, 0.4) is 0 Å². The van der Waals surface area contributed by atoms with Gasteiger partial charge in [0, 0.05) is 15.3 Å². The Balaban J connectivity index is 1.74. The van der Waals surface area contributed by atoms with E-state index in [1.165, 1.54) is 22.7 Å². The Hall–Kier alpha value is -2.90. The Morgan fingerprint density at radius 3 is 2.43 bits per heavy atom. The van der Waals surface area contributed by atoms with Crippen LogP contribution < -0.4 is 4.74 Å². The molecular formula is C23H21NO4S2. The summed E-state index contributed by atoms with van der Waals surface area (Å²) < 4.78 is 5.59. The first kappa shape index (κ1) is 20.4. The lowest BCUT2D eigenvalue weighted by Gasteiger charge is -2.23. The van der Waals surface area contributed by atoms with Crippen LogP contribution in [-0.4, -0.2) is 28.3 Å². The van der Waals surface area contributed by atoms with E-state index in [1.807, 2.05) is 41.9 Å². The summed E-state index contributed by atoms with van der Waals surface area (Å²) in [5, 5.41) is 14.9. The number of aliphatic hydroxyl groups is 1. The van der Waals surface area contributed by atoms with Crippen molar-refractivity contribution in [2.75, 3.05) is 6.61 Å². The van der Waals surface area contributed by atoms with E-state index in [-0.39, 0.29) is 11.3 Å². The largest absolute Gasteiger partial charge is 0.507 e. The Labute approximate surface area is 182 Å². The summed E-state index contributed by atoms with van der Waals surface area (Å²) in [4.78, 5) is 29.2. The number of carbonyl (C=O) groups is 2. The van der Waals surface area contributed by atoms with Gasteiger partial charge in [-0.2, -0.15) is 0 Å². The van der Waals surface area contributed by atoms with Gasteiger partial charge >= 0.3 is 0 Å². The lowest BCUT2D eigenvalue weighted by Crippen LogP contribution is -2.28. The van der Waals surface area contributed by atoms with E-state index < -0.39 is 17.7 Å². The van der Waals surface area contributed by atoms with Crippen molar-refractivity contribution in [3.05, 3.63) is 80.2 Å². The number of ether oxygens (including phenoxy) is 1. The minimum atomic E-state index is -0.659. The molecule has 1 aromatic carbocycles. The molecule has 154 valence electrons. The quantitative estimate of drug-likeness (QED) is 0.311. The Kier molecular flexibility index (Phi) is 6.01. The number of likely N-dealkylation sites (tertiary alicyclic amines) is 1. The van der Waals surface area contributed by atoms with E-state index in [0.717, 1.165) is 16.2 Å². The SMILES string of the molecule is CCCOc1ccc(/C(O)=C2/C(=O)C(=O)N(Cc3cccs3)C2c2cccs2)cc1. The molecule has 30 heavy (non-hydrogen) atoms. The smallest absolute Gasteiger partial charge is 0.296 e. The predicted octanol–water partition coefficient (Wildman–Crippen LogP) is 5.22. The van der Waals surface area contributed by atoms with Crippen LogP contribution in [0.25, 0.3) is 5.76 Å². The van der Waals surface area contributed by atoms with Crippen molar-refractivity contribution in [3.63, 3.8) is 0 Å². The molecule has 1 fully saturated rings. The molecule has 3 heterocycles. The second-order valence-corrected chi connectivity index (χ2v) is 8.91. The van der Waals surface area contributed by atoms with E-state index in [2.05, 4.69) is 0 Å². The molecule has 7 heteroatoms. The molecule has 1 aliphatic heterocycles. The summed E-state index contributed by atoms with van der Waals surface area (Å²) in [5.41, 5.74) is 0.607. The van der Waals surface area contributed by atoms with Gasteiger partial charge in [0.1, 0.15) is 17.6 Å². The number of carbonyl (C=O) groups excluding carboxylic acids is 2. The van der Waals surface area contributed by atoms with Crippen LogP contribution in [0.4, 0.5) is 0 Å². The summed E-state index contributed by atoms with van der Waals surface area (Å²) in [5.74, 6) is -0.719. The lowest BCUT2D eigenvalue weighted by molar-refractivity contribution is -0.140. The highest BCUT2D eigenvalue weighted by atomic mass is 32.1. The number of Topliss-reactive ketones (excluding diaryl/α,β-unsaturated/α-hetero) is 1. The number of nitrogens with zero attached hydrogens (tertiary/aromatic N) is 1. The molecule has 1 amide bonds. The number of ketones is 1. The van der Waals surface area contributed by atoms with E-state index in [1.54, 1.807) is 29.2 Å². The molecule has 1 aliphatic rings. The van der Waals surface area contributed by atoms with Gasteiger partial charge in [0.05, 0.1) is 18.7 Å². The van der Waals surface area contributed by atoms with Crippen LogP contribution in [0.1, 0.15) is 34.7 Å². The molecule has 1 N–H and O–H groups in total. The number of thiophene rings is 2. The monoisotopic (exact) mass is 439 g/mol. The van der Waals surface area contributed by atoms with Crippen LogP contribution in [0.15, 0.2) is 64.9 Å². The molecule has 4 rings (SSSR count). The van der Waals surface area contributed by atoms with Crippen LogP contribution in [0.2, 0.25) is 0 Å². The summed E-state index contributed by atoms with van der Waals surface area (Å²) >= 11 is 2.99. The van der Waals surface area contributed by atoms with Gasteiger partial charge in [-0.25, -0.2) is 0 Å². The fourth-order valence-electron chi connectivity index (χ4n) is 3.44. The van der Waals surface area contributed by atoms with Gasteiger partial charge in [0.2, 0.25) is 0 Å². The van der Waals surface area contributed by atoms with Crippen molar-refractivity contribution in [3.8, 4) is 5.75 Å². The van der Waals surface area contributed by atoms with Gasteiger partial charge in [-0.15, -0.1) is 22.7 Å². The number of aliphatic hydroxyl groups excluding tert-OH is 1. The molecule has 0 bridgehead atoms. The number of amides is 1. The zero-order valence-electron chi connectivity index (χ0n) is 16.4. The molecule has 1 atom stereocenters. The van der Waals surface area contributed by atoms with Crippen molar-refractivity contribution in [2.45, 2.75) is 25.9 Å². The molecule has 1 unspecified atom stereocenters. The summed E-state index contributed by atoms with van der Waals surface area (Å²) in [6, 6.07) is 13.9. The lowest BCUT2D eigenvalue weighted by atomic mass is 10.00. The van der Waals surface area contributed by atoms with Crippen molar-refractivity contribution < 1.29 is 19.4 Å². The fraction of sp³-hybridized carbons (Fsp3) is 0.217. The second-order valence-electron chi connectivity index (χ2n) is 6.89. The third-order valence-electron chi connectivity index (χ3n) is 4.86. The van der Waals surface area contributed by atoms with Gasteiger partial charge in [0.25, 0.3) is 11.7 Å². The van der Waals surface area contributed by atoms with Gasteiger partial charge in [0.15, 0.2) is 0 Å². The maximum Gasteiger partial charge on any atom is 0.296 e. The molecule has 0 spiro atoms. The maximum absolute atomic E-state index is 12.9. The van der Waals surface area contributed by atoms with Crippen molar-refractivity contribution in [2.24, 2.45) is 0 Å². The highest BCUT2D eigenvalue weighted by Gasteiger charge is 2.46. The highest BCUT2D eigenvalue weighted by molar-refractivity contribution is 7.10. The van der Waals surface area contributed by atoms with E-state index in [0.29, 0.717) is 24.5 Å². The second kappa shape index (κ2) is 8.85. The summed E-state index contributed by atoms with van der Waals surface area (Å²) in [6.07, 6.45) is 0.899. The standard InChI is InChI=1S/C23H21NO4S2/c1-2-11-28-16-9-7-15(8-10-16)21(25)19-20(18-6-4-13-30-18)24(23(27)22(19)26)14-17-5-3-12-29-17/h3-10,12-13,20,25H,2,11,14H2,1H3/b21-19-. The van der Waals surface area contributed by atoms with Gasteiger partial charge in [-0.3, -0.25) is 9.59 Å². The van der Waals surface area contributed by atoms with Crippen LogP contribution >= 0.6 is 22.7 Å².